The Kier molecular flexibility index (Phi) is 10.2. The number of carbonyl (C=O) groups excluding carboxylic acids is 3. The van der Waals surface area contributed by atoms with Crippen LogP contribution in [0.15, 0.2) is 103 Å². The van der Waals surface area contributed by atoms with Crippen LogP contribution in [0, 0.1) is 5.82 Å². The summed E-state index contributed by atoms with van der Waals surface area (Å²) in [6, 6.07) is 13.5. The molecule has 0 aliphatic carbocycles. The van der Waals surface area contributed by atoms with E-state index in [1.807, 2.05) is 0 Å². The third-order valence-electron chi connectivity index (χ3n) is 5.76. The first-order chi connectivity index (χ1) is 20.2. The van der Waals surface area contributed by atoms with Crippen molar-refractivity contribution in [2.75, 3.05) is 0 Å². The van der Waals surface area contributed by atoms with Gasteiger partial charge in [0, 0.05) is 34.4 Å². The molecule has 0 bridgehead atoms. The Morgan fingerprint density at radius 1 is 0.651 bits per heavy atom. The molecular weight excluding hydrogens is 555 g/mol. The minimum atomic E-state index is -1.38. The van der Waals surface area contributed by atoms with E-state index < -0.39 is 35.8 Å². The second kappa shape index (κ2) is 13.6. The van der Waals surface area contributed by atoms with Crippen molar-refractivity contribution in [2.24, 2.45) is 0 Å². The first kappa shape index (κ1) is 32.2. The van der Waals surface area contributed by atoms with Gasteiger partial charge in [-0.05, 0) is 68.2 Å². The Hall–Kier alpha value is -5.28. The summed E-state index contributed by atoms with van der Waals surface area (Å²) < 4.78 is 37.0. The van der Waals surface area contributed by atoms with Gasteiger partial charge in [-0.25, -0.2) is 18.8 Å². The fraction of sp³-hybridized carbons (Fsp3) is 0.147. The predicted molar refractivity (Wildman–Crippen MR) is 160 cm³/mol. The highest BCUT2D eigenvalue weighted by Crippen LogP contribution is 2.37. The molecule has 0 saturated heterocycles. The molecule has 8 nitrogen and oxygen atoms in total. The topological polar surface area (TPSA) is 108 Å². The molecule has 0 heterocycles. The number of benzene rings is 3. The van der Waals surface area contributed by atoms with E-state index in [2.05, 4.69) is 26.3 Å². The fourth-order valence-corrected chi connectivity index (χ4v) is 3.43. The molecule has 0 amide bonds. The Balaban J connectivity index is 2.07. The highest BCUT2D eigenvalue weighted by molar-refractivity contribution is 5.91. The van der Waals surface area contributed by atoms with Crippen molar-refractivity contribution in [2.45, 2.75) is 34.0 Å². The zero-order valence-electron chi connectivity index (χ0n) is 24.3. The van der Waals surface area contributed by atoms with Crippen LogP contribution >= 0.6 is 0 Å². The van der Waals surface area contributed by atoms with Gasteiger partial charge < -0.3 is 24.1 Å². The number of hydrogen-bond donors (Lipinski definition) is 1. The maximum absolute atomic E-state index is 15.6. The highest BCUT2D eigenvalue weighted by Gasteiger charge is 2.20. The summed E-state index contributed by atoms with van der Waals surface area (Å²) in [5.74, 6) is -3.20. The number of ether oxygens (including phenoxy) is 4. The Bertz CT molecular complexity index is 1600. The Morgan fingerprint density at radius 3 is 1.58 bits per heavy atom. The van der Waals surface area contributed by atoms with Crippen molar-refractivity contribution in [1.29, 1.82) is 0 Å². The van der Waals surface area contributed by atoms with Gasteiger partial charge in [0.05, 0.1) is 0 Å². The molecule has 3 aromatic carbocycles. The van der Waals surface area contributed by atoms with Gasteiger partial charge in [-0.2, -0.15) is 0 Å². The van der Waals surface area contributed by atoms with Crippen LogP contribution in [0.25, 0.3) is 22.3 Å². The van der Waals surface area contributed by atoms with E-state index >= 15 is 4.39 Å². The number of halogens is 1. The van der Waals surface area contributed by atoms with Crippen LogP contribution < -0.4 is 18.9 Å². The van der Waals surface area contributed by atoms with Gasteiger partial charge >= 0.3 is 17.9 Å². The lowest BCUT2D eigenvalue weighted by Gasteiger charge is -2.17. The van der Waals surface area contributed by atoms with E-state index in [9.17, 15) is 19.5 Å². The van der Waals surface area contributed by atoms with E-state index in [4.69, 9.17) is 18.9 Å². The van der Waals surface area contributed by atoms with Gasteiger partial charge in [0.15, 0.2) is 11.6 Å². The van der Waals surface area contributed by atoms with Gasteiger partial charge in [-0.1, -0.05) is 50.6 Å². The molecule has 0 radical (unpaired) electrons. The van der Waals surface area contributed by atoms with Crippen LogP contribution in [-0.4, -0.2) is 29.3 Å². The van der Waals surface area contributed by atoms with E-state index in [1.54, 1.807) is 43.3 Å². The zero-order valence-corrected chi connectivity index (χ0v) is 24.3. The van der Waals surface area contributed by atoms with E-state index in [0.29, 0.717) is 22.3 Å². The standard InChI is InChI=1S/C34H31FO8/c1-18(2)31(36)40-25-13-24(14-26(15-25)41-32(37)19(3)4)22-9-11-23(12-10-22)28-16-27(42-33(38)20(5)6)17-29(30(28)35)43-34(39)21(7)8/h9-17,33,38H,1,3,5,7H2,2,4,6,8H3. The highest BCUT2D eigenvalue weighted by atomic mass is 19.1. The summed E-state index contributed by atoms with van der Waals surface area (Å²) in [4.78, 5) is 36.5. The normalized spacial score (nSPS) is 11.1. The van der Waals surface area contributed by atoms with Crippen molar-refractivity contribution >= 4 is 17.9 Å². The number of aliphatic hydroxyl groups is 1. The maximum Gasteiger partial charge on any atom is 0.338 e. The second-order valence-electron chi connectivity index (χ2n) is 9.88. The molecule has 9 heteroatoms. The molecule has 0 saturated carbocycles. The summed E-state index contributed by atoms with van der Waals surface area (Å²) in [6.45, 7) is 20.3. The summed E-state index contributed by atoms with van der Waals surface area (Å²) >= 11 is 0. The molecule has 1 atom stereocenters. The molecule has 0 fully saturated rings. The number of aliphatic hydroxyl groups excluding tert-OH is 1. The summed E-state index contributed by atoms with van der Waals surface area (Å²) in [5, 5.41) is 10.1. The monoisotopic (exact) mass is 586 g/mol. The summed E-state index contributed by atoms with van der Waals surface area (Å²) in [7, 11) is 0. The number of rotatable bonds is 11. The molecule has 1 unspecified atom stereocenters. The van der Waals surface area contributed by atoms with Crippen LogP contribution in [0.2, 0.25) is 0 Å². The van der Waals surface area contributed by atoms with Crippen molar-refractivity contribution in [3.05, 3.63) is 109 Å². The zero-order chi connectivity index (χ0) is 32.0. The van der Waals surface area contributed by atoms with Gasteiger partial charge in [-0.15, -0.1) is 0 Å². The Labute approximate surface area is 249 Å². The predicted octanol–water partition coefficient (Wildman–Crippen LogP) is 6.88. The lowest BCUT2D eigenvalue weighted by atomic mass is 9.99. The third-order valence-corrected chi connectivity index (χ3v) is 5.76. The van der Waals surface area contributed by atoms with Crippen molar-refractivity contribution in [1.82, 2.24) is 0 Å². The van der Waals surface area contributed by atoms with Crippen LogP contribution in [0.5, 0.6) is 23.0 Å². The first-order valence-electron chi connectivity index (χ1n) is 12.9. The number of hydrogen-bond acceptors (Lipinski definition) is 8. The van der Waals surface area contributed by atoms with E-state index in [1.165, 1.54) is 32.9 Å². The molecule has 1 N–H and O–H groups in total. The van der Waals surface area contributed by atoms with Gasteiger partial charge in [-0.3, -0.25) is 0 Å². The van der Waals surface area contributed by atoms with Crippen molar-refractivity contribution in [3.63, 3.8) is 0 Å². The maximum atomic E-state index is 15.6. The molecule has 0 aliphatic heterocycles. The van der Waals surface area contributed by atoms with Gasteiger partial charge in [0.1, 0.15) is 17.2 Å². The second-order valence-corrected chi connectivity index (χ2v) is 9.88. The van der Waals surface area contributed by atoms with E-state index in [-0.39, 0.29) is 39.5 Å². The Morgan fingerprint density at radius 2 is 1.12 bits per heavy atom. The smallest absolute Gasteiger partial charge is 0.338 e. The molecule has 3 aromatic rings. The molecule has 0 aliphatic rings. The lowest BCUT2D eigenvalue weighted by molar-refractivity contribution is -0.131. The average molecular weight is 587 g/mol. The largest absolute Gasteiger partial charge is 0.461 e. The summed E-state index contributed by atoms with van der Waals surface area (Å²) in [6.07, 6.45) is -1.38. The molecular formula is C34H31FO8. The molecule has 222 valence electrons. The van der Waals surface area contributed by atoms with Gasteiger partial charge in [0.25, 0.3) is 0 Å². The molecule has 0 aromatic heterocycles. The van der Waals surface area contributed by atoms with Crippen molar-refractivity contribution in [3.8, 4) is 45.3 Å². The minimum absolute atomic E-state index is 0.0164. The molecule has 3 rings (SSSR count). The van der Waals surface area contributed by atoms with E-state index in [0.717, 1.165) is 6.07 Å². The molecule has 0 spiro atoms. The lowest BCUT2D eigenvalue weighted by Crippen LogP contribution is -2.16. The summed E-state index contributed by atoms with van der Waals surface area (Å²) in [5.41, 5.74) is 2.22. The van der Waals surface area contributed by atoms with Crippen molar-refractivity contribution < 1.29 is 42.8 Å². The average Bonchev–Trinajstić information content (AvgIpc) is 2.94. The quantitative estimate of drug-likeness (QED) is 0.0852. The van der Waals surface area contributed by atoms with Gasteiger partial charge in [0.2, 0.25) is 6.29 Å². The third kappa shape index (κ3) is 8.37. The number of esters is 3. The van der Waals surface area contributed by atoms with Crippen LogP contribution in [0.3, 0.4) is 0 Å². The molecule has 43 heavy (non-hydrogen) atoms. The minimum Gasteiger partial charge on any atom is -0.461 e. The fourth-order valence-electron chi connectivity index (χ4n) is 3.43. The van der Waals surface area contributed by atoms with Crippen LogP contribution in [0.4, 0.5) is 4.39 Å². The number of carbonyl (C=O) groups is 3. The SMILES string of the molecule is C=C(C)C(=O)Oc1cc(OC(=O)C(=C)C)cc(-c2ccc(-c3cc(OC(O)C(=C)C)cc(OC(=O)C(=C)C)c3F)cc2)c1. The van der Waals surface area contributed by atoms with Crippen LogP contribution in [-0.2, 0) is 14.4 Å². The van der Waals surface area contributed by atoms with Crippen LogP contribution in [0.1, 0.15) is 27.7 Å². The first-order valence-corrected chi connectivity index (χ1v) is 12.9.